The molecule has 1 N–H and O–H groups in total. The molecule has 0 saturated heterocycles. The Morgan fingerprint density at radius 1 is 0.509 bits per heavy atom. The molecule has 0 aromatic rings. The van der Waals surface area contributed by atoms with Gasteiger partial charge in [0.2, 0.25) is 0 Å². The summed E-state index contributed by atoms with van der Waals surface area (Å²) < 4.78 is 31.9. The highest BCUT2D eigenvalue weighted by atomic mass is 31.2. The molecule has 0 aliphatic heterocycles. The average Bonchev–Trinajstić information content (AvgIpc) is 3.18. The molecule has 0 aliphatic rings. The van der Waals surface area contributed by atoms with E-state index in [9.17, 15) is 19.0 Å². The first-order valence-corrected chi connectivity index (χ1v) is 22.4. The predicted octanol–water partition coefficient (Wildman–Crippen LogP) is 13.3. The third-order valence-corrected chi connectivity index (χ3v) is 9.27. The minimum atomic E-state index is -4.28. The molecule has 0 saturated carbocycles. The Bertz CT molecular complexity index is 1210. The number of carbonyl (C=O) groups is 2. The zero-order valence-corrected chi connectivity index (χ0v) is 35.4. The number of rotatable bonds is 37. The van der Waals surface area contributed by atoms with Crippen molar-refractivity contribution in [1.29, 1.82) is 0 Å². The van der Waals surface area contributed by atoms with E-state index in [2.05, 4.69) is 103 Å². The van der Waals surface area contributed by atoms with E-state index in [4.69, 9.17) is 14.0 Å². The Hall–Kier alpha value is -3.03. The largest absolute Gasteiger partial charge is 0.472 e. The van der Waals surface area contributed by atoms with E-state index in [0.29, 0.717) is 12.8 Å². The molecule has 0 bridgehead atoms. The molecule has 2 unspecified atom stereocenters. The van der Waals surface area contributed by atoms with Crippen molar-refractivity contribution in [3.8, 4) is 0 Å². The molecule has 8 nitrogen and oxygen atoms in total. The third-order valence-electron chi connectivity index (χ3n) is 8.34. The molecule has 55 heavy (non-hydrogen) atoms. The quantitative estimate of drug-likeness (QED) is 0.0287. The maximum Gasteiger partial charge on any atom is 0.472 e. The predicted molar refractivity (Wildman–Crippen MR) is 230 cm³/mol. The summed E-state index contributed by atoms with van der Waals surface area (Å²) in [5.41, 5.74) is 0. The summed E-state index contributed by atoms with van der Waals surface area (Å²) in [5, 5.41) is 0. The van der Waals surface area contributed by atoms with E-state index in [1.165, 1.54) is 38.5 Å². The van der Waals surface area contributed by atoms with E-state index in [0.717, 1.165) is 84.2 Å². The maximum atomic E-state index is 12.5. The van der Waals surface area contributed by atoms with Gasteiger partial charge in [-0.2, -0.15) is 0 Å². The van der Waals surface area contributed by atoms with E-state index in [1.54, 1.807) is 0 Å². The van der Waals surface area contributed by atoms with Gasteiger partial charge < -0.3 is 14.4 Å². The summed E-state index contributed by atoms with van der Waals surface area (Å²) in [4.78, 5) is 34.4. The molecule has 0 heterocycles. The molecule has 0 amide bonds. The first-order valence-electron chi connectivity index (χ1n) is 20.9. The summed E-state index contributed by atoms with van der Waals surface area (Å²) in [6, 6.07) is 0. The Morgan fingerprint density at radius 2 is 0.909 bits per heavy atom. The first kappa shape index (κ1) is 52.0. The topological polar surface area (TPSA) is 108 Å². The van der Waals surface area contributed by atoms with Crippen molar-refractivity contribution in [2.45, 2.75) is 161 Å². The number of carbonyl (C=O) groups excluding carboxylic acids is 2. The minimum absolute atomic E-state index is 0.166. The molecule has 2 atom stereocenters. The Balaban J connectivity index is 4.06. The van der Waals surface area contributed by atoms with Gasteiger partial charge in [0.15, 0.2) is 6.10 Å². The van der Waals surface area contributed by atoms with Crippen LogP contribution in [0.15, 0.2) is 97.2 Å². The van der Waals surface area contributed by atoms with E-state index in [-0.39, 0.29) is 19.4 Å². The van der Waals surface area contributed by atoms with Crippen LogP contribution < -0.4 is 0 Å². The molecule has 0 aliphatic carbocycles. The van der Waals surface area contributed by atoms with Crippen molar-refractivity contribution in [3.05, 3.63) is 97.2 Å². The Labute approximate surface area is 335 Å². The molecule has 0 radical (unpaired) electrons. The number of unbranched alkanes of at least 4 members (excludes halogenated alkanes) is 10. The number of allylic oxidation sites excluding steroid dienone is 16. The summed E-state index contributed by atoms with van der Waals surface area (Å²) in [6.45, 7) is 3.57. The van der Waals surface area contributed by atoms with Crippen molar-refractivity contribution in [2.75, 3.05) is 20.3 Å². The van der Waals surface area contributed by atoms with Crippen LogP contribution in [0.1, 0.15) is 155 Å². The van der Waals surface area contributed by atoms with Crippen LogP contribution in [0.5, 0.6) is 0 Å². The second-order valence-electron chi connectivity index (χ2n) is 13.4. The maximum absolute atomic E-state index is 12.5. The summed E-state index contributed by atoms with van der Waals surface area (Å²) in [5.74, 6) is -0.913. The van der Waals surface area contributed by atoms with Gasteiger partial charge in [0.25, 0.3) is 0 Å². The van der Waals surface area contributed by atoms with Crippen LogP contribution in [0, 0.1) is 0 Å². The van der Waals surface area contributed by atoms with Gasteiger partial charge in [0, 0.05) is 20.0 Å². The van der Waals surface area contributed by atoms with E-state index < -0.39 is 32.5 Å². The molecule has 0 spiro atoms. The molecule has 0 aromatic carbocycles. The second kappa shape index (κ2) is 40.6. The van der Waals surface area contributed by atoms with Crippen molar-refractivity contribution in [1.82, 2.24) is 0 Å². The molecule has 9 heteroatoms. The third kappa shape index (κ3) is 40.5. The zero-order chi connectivity index (χ0) is 40.3. The van der Waals surface area contributed by atoms with Gasteiger partial charge in [-0.3, -0.25) is 18.6 Å². The lowest BCUT2D eigenvalue weighted by Gasteiger charge is -2.19. The van der Waals surface area contributed by atoms with E-state index >= 15 is 0 Å². The molecule has 312 valence electrons. The van der Waals surface area contributed by atoms with Crippen LogP contribution in [-0.4, -0.2) is 43.3 Å². The van der Waals surface area contributed by atoms with Crippen molar-refractivity contribution >= 4 is 19.8 Å². The molecular weight excluding hydrogens is 711 g/mol. The highest BCUT2D eigenvalue weighted by Gasteiger charge is 2.24. The summed E-state index contributed by atoms with van der Waals surface area (Å²) in [6.07, 6.45) is 54.8. The minimum Gasteiger partial charge on any atom is -0.462 e. The molecule has 0 fully saturated rings. The monoisotopic (exact) mass is 787 g/mol. The number of esters is 2. The first-order chi connectivity index (χ1) is 26.8. The standard InChI is InChI=1S/C46H75O8P/c1-4-6-8-10-12-14-16-18-19-20-21-22-23-24-25-26-27-29-31-33-35-37-39-41-46(48)54-44(43-53-55(49,50)51-3)42-52-45(47)40-38-36-34-32-30-28-17-15-13-11-9-7-5-2/h6-9,12-15,18-19,21-22,28,30,34,36,44H,4-5,10-11,16-17,20,23-27,29,31-33,35,37-43H2,1-3H3,(H,49,50)/b8-6-,9-7-,14-12-,15-13-,19-18-,22-21-,30-28-,36-34-. The van der Waals surface area contributed by atoms with Crippen LogP contribution in [0.25, 0.3) is 0 Å². The fourth-order valence-corrected chi connectivity index (χ4v) is 5.65. The SMILES string of the molecule is CC/C=C\C/C=C\C/C=C\C/C=C\CCCCCCCCCCCCC(=O)OC(COC(=O)CC/C=C\C/C=C\C/C=C\C/C=C\CC)COP(=O)(O)OC. The molecule has 0 rings (SSSR count). The van der Waals surface area contributed by atoms with Gasteiger partial charge in [-0.15, -0.1) is 0 Å². The molecule has 0 aromatic heterocycles. The highest BCUT2D eigenvalue weighted by Crippen LogP contribution is 2.42. The lowest BCUT2D eigenvalue weighted by Crippen LogP contribution is -2.29. The van der Waals surface area contributed by atoms with Crippen molar-refractivity contribution in [2.24, 2.45) is 0 Å². The fourth-order valence-electron chi connectivity index (χ4n) is 5.19. The number of hydrogen-bond acceptors (Lipinski definition) is 7. The lowest BCUT2D eigenvalue weighted by atomic mass is 10.0. The van der Waals surface area contributed by atoms with Crippen LogP contribution in [0.4, 0.5) is 0 Å². The van der Waals surface area contributed by atoms with Gasteiger partial charge in [0.1, 0.15) is 6.61 Å². The summed E-state index contributed by atoms with van der Waals surface area (Å²) in [7, 11) is -3.24. The van der Waals surface area contributed by atoms with E-state index in [1.807, 2.05) is 12.2 Å². The van der Waals surface area contributed by atoms with Crippen LogP contribution in [-0.2, 0) is 32.7 Å². The van der Waals surface area contributed by atoms with Crippen LogP contribution in [0.3, 0.4) is 0 Å². The van der Waals surface area contributed by atoms with Crippen LogP contribution in [0.2, 0.25) is 0 Å². The smallest absolute Gasteiger partial charge is 0.462 e. The number of phosphoric ester groups is 1. The number of hydrogen-bond donors (Lipinski definition) is 1. The van der Waals surface area contributed by atoms with Gasteiger partial charge in [-0.1, -0.05) is 162 Å². The highest BCUT2D eigenvalue weighted by molar-refractivity contribution is 7.47. The number of phosphoric acid groups is 1. The summed E-state index contributed by atoms with van der Waals surface area (Å²) >= 11 is 0. The fraction of sp³-hybridized carbons (Fsp3) is 0.609. The van der Waals surface area contributed by atoms with Crippen molar-refractivity contribution in [3.63, 3.8) is 0 Å². The zero-order valence-electron chi connectivity index (χ0n) is 34.5. The van der Waals surface area contributed by atoms with Crippen LogP contribution >= 0.6 is 7.82 Å². The van der Waals surface area contributed by atoms with Crippen molar-refractivity contribution < 1.29 is 37.6 Å². The van der Waals surface area contributed by atoms with Gasteiger partial charge >= 0.3 is 19.8 Å². The number of ether oxygens (including phenoxy) is 2. The van der Waals surface area contributed by atoms with Gasteiger partial charge in [-0.05, 0) is 77.0 Å². The normalized spacial score (nSPS) is 14.3. The Morgan fingerprint density at radius 3 is 1.36 bits per heavy atom. The van der Waals surface area contributed by atoms with Gasteiger partial charge in [0.05, 0.1) is 6.61 Å². The average molecular weight is 787 g/mol. The lowest BCUT2D eigenvalue weighted by molar-refractivity contribution is -0.161. The van der Waals surface area contributed by atoms with Gasteiger partial charge in [-0.25, -0.2) is 4.57 Å². The Kier molecular flexibility index (Phi) is 38.4. The second-order valence-corrected chi connectivity index (χ2v) is 14.9. The molecular formula is C46H75O8P.